The molecule has 1 rings (SSSR count). The smallest absolute Gasteiger partial charge is 0.220 e. The lowest BCUT2D eigenvalue weighted by Crippen LogP contribution is -2.22. The van der Waals surface area contributed by atoms with E-state index in [2.05, 4.69) is 31.3 Å². The zero-order valence-electron chi connectivity index (χ0n) is 13.8. The van der Waals surface area contributed by atoms with E-state index in [0.29, 0.717) is 24.6 Å². The van der Waals surface area contributed by atoms with Gasteiger partial charge in [-0.05, 0) is 42.9 Å². The largest absolute Gasteiger partial charge is 0.504 e. The number of phenols is 1. The molecule has 2 N–H and O–H groups in total. The first-order chi connectivity index (χ1) is 10.6. The molecule has 1 unspecified atom stereocenters. The fourth-order valence-electron chi connectivity index (χ4n) is 2.11. The molecule has 22 heavy (non-hydrogen) atoms. The van der Waals surface area contributed by atoms with Crippen molar-refractivity contribution >= 4 is 5.91 Å². The summed E-state index contributed by atoms with van der Waals surface area (Å²) in [7, 11) is 1.51. The van der Waals surface area contributed by atoms with Crippen LogP contribution in [0.25, 0.3) is 0 Å². The van der Waals surface area contributed by atoms with Crippen LogP contribution in [0.15, 0.2) is 30.4 Å². The number of phenolic OH excluding ortho intramolecular Hbond substituents is 1. The van der Waals surface area contributed by atoms with Crippen LogP contribution in [-0.2, 0) is 11.3 Å². The number of methoxy groups -OCH3 is 1. The van der Waals surface area contributed by atoms with Gasteiger partial charge in [-0.2, -0.15) is 0 Å². The van der Waals surface area contributed by atoms with Crippen molar-refractivity contribution in [2.75, 3.05) is 7.11 Å². The molecule has 1 amide bonds. The number of allylic oxidation sites excluding steroid dienone is 2. The Balaban J connectivity index is 2.32. The maximum atomic E-state index is 11.9. The third-order valence-electron chi connectivity index (χ3n) is 3.54. The third-order valence-corrected chi connectivity index (χ3v) is 3.54. The van der Waals surface area contributed by atoms with Crippen molar-refractivity contribution < 1.29 is 14.6 Å². The molecule has 0 spiro atoms. The van der Waals surface area contributed by atoms with Crippen LogP contribution in [0, 0.1) is 5.92 Å². The summed E-state index contributed by atoms with van der Waals surface area (Å²) in [6.45, 7) is 4.73. The van der Waals surface area contributed by atoms with Crippen LogP contribution in [-0.4, -0.2) is 18.1 Å². The molecular formula is C18H27NO3. The second kappa shape index (κ2) is 9.87. The molecule has 0 saturated heterocycles. The molecule has 0 aliphatic rings. The maximum Gasteiger partial charge on any atom is 0.220 e. The highest BCUT2D eigenvalue weighted by Gasteiger charge is 2.07. The predicted molar refractivity (Wildman–Crippen MR) is 89.0 cm³/mol. The lowest BCUT2D eigenvalue weighted by Gasteiger charge is -2.10. The number of ether oxygens (including phenoxy) is 1. The van der Waals surface area contributed by atoms with Gasteiger partial charge in [0.05, 0.1) is 7.11 Å². The molecule has 0 heterocycles. The summed E-state index contributed by atoms with van der Waals surface area (Å²) in [4.78, 5) is 11.9. The number of benzene rings is 1. The Morgan fingerprint density at radius 3 is 2.86 bits per heavy atom. The van der Waals surface area contributed by atoms with E-state index in [1.54, 1.807) is 18.2 Å². The highest BCUT2D eigenvalue weighted by Crippen LogP contribution is 2.26. The third kappa shape index (κ3) is 6.66. The number of amides is 1. The topological polar surface area (TPSA) is 58.6 Å². The highest BCUT2D eigenvalue weighted by molar-refractivity contribution is 5.75. The summed E-state index contributed by atoms with van der Waals surface area (Å²) < 4.78 is 5.05. The Bertz CT molecular complexity index is 497. The molecule has 0 saturated carbocycles. The van der Waals surface area contributed by atoms with Crippen molar-refractivity contribution in [3.8, 4) is 11.5 Å². The van der Waals surface area contributed by atoms with E-state index in [0.717, 1.165) is 24.8 Å². The van der Waals surface area contributed by atoms with E-state index in [-0.39, 0.29) is 11.7 Å². The molecule has 1 aromatic rings. The van der Waals surface area contributed by atoms with E-state index < -0.39 is 0 Å². The normalized spacial score (nSPS) is 12.3. The van der Waals surface area contributed by atoms with Crippen molar-refractivity contribution in [1.29, 1.82) is 0 Å². The minimum atomic E-state index is 0.0540. The van der Waals surface area contributed by atoms with Crippen LogP contribution in [0.1, 0.15) is 45.1 Å². The molecular weight excluding hydrogens is 278 g/mol. The maximum absolute atomic E-state index is 11.9. The summed E-state index contributed by atoms with van der Waals surface area (Å²) in [6.07, 6.45) is 7.86. The van der Waals surface area contributed by atoms with E-state index >= 15 is 0 Å². The Morgan fingerprint density at radius 1 is 1.41 bits per heavy atom. The molecule has 1 aromatic carbocycles. The quantitative estimate of drug-likeness (QED) is 0.682. The molecule has 122 valence electrons. The molecule has 0 aliphatic heterocycles. The number of rotatable bonds is 9. The van der Waals surface area contributed by atoms with Crippen LogP contribution < -0.4 is 10.1 Å². The van der Waals surface area contributed by atoms with Gasteiger partial charge in [-0.15, -0.1) is 0 Å². The van der Waals surface area contributed by atoms with Crippen LogP contribution in [0.2, 0.25) is 0 Å². The zero-order valence-corrected chi connectivity index (χ0v) is 13.8. The second-order valence-electron chi connectivity index (χ2n) is 5.54. The number of carbonyl (C=O) groups is 1. The van der Waals surface area contributed by atoms with Crippen LogP contribution in [0.4, 0.5) is 0 Å². The van der Waals surface area contributed by atoms with E-state index in [4.69, 9.17) is 4.74 Å². The number of carbonyl (C=O) groups excluding carboxylic acids is 1. The Morgan fingerprint density at radius 2 is 2.18 bits per heavy atom. The number of aromatic hydroxyl groups is 1. The zero-order chi connectivity index (χ0) is 16.4. The van der Waals surface area contributed by atoms with Crippen LogP contribution in [0.3, 0.4) is 0 Å². The van der Waals surface area contributed by atoms with Gasteiger partial charge in [0.25, 0.3) is 0 Å². The SMILES string of the molecule is CC/C=C/CC(C)CCC(=O)NCc1ccc(O)c(OC)c1. The average Bonchev–Trinajstić information content (AvgIpc) is 2.52. The standard InChI is InChI=1S/C18H27NO3/c1-4-5-6-7-14(2)8-11-18(21)19-13-15-9-10-16(20)17(12-15)22-3/h5-6,9-10,12,14,20H,4,7-8,11,13H2,1-3H3,(H,19,21)/b6-5+. The van der Waals surface area contributed by atoms with Gasteiger partial charge >= 0.3 is 0 Å². The minimum absolute atomic E-state index is 0.0540. The Labute approximate surface area is 133 Å². The number of hydrogen-bond donors (Lipinski definition) is 2. The van der Waals surface area contributed by atoms with Gasteiger partial charge in [-0.1, -0.05) is 32.1 Å². The summed E-state index contributed by atoms with van der Waals surface area (Å²) in [6, 6.07) is 5.08. The molecule has 0 bridgehead atoms. The average molecular weight is 305 g/mol. The van der Waals surface area contributed by atoms with Crippen molar-refractivity contribution in [2.45, 2.75) is 46.1 Å². The lowest BCUT2D eigenvalue weighted by molar-refractivity contribution is -0.121. The summed E-state index contributed by atoms with van der Waals surface area (Å²) in [5, 5.41) is 12.4. The van der Waals surface area contributed by atoms with Gasteiger partial charge in [0.15, 0.2) is 11.5 Å². The Hall–Kier alpha value is -1.97. The first-order valence-electron chi connectivity index (χ1n) is 7.84. The Kier molecular flexibility index (Phi) is 8.11. The van der Waals surface area contributed by atoms with Crippen molar-refractivity contribution in [2.24, 2.45) is 5.92 Å². The predicted octanol–water partition coefficient (Wildman–Crippen LogP) is 3.79. The van der Waals surface area contributed by atoms with E-state index in [1.807, 2.05) is 0 Å². The van der Waals surface area contributed by atoms with Crippen molar-refractivity contribution in [3.63, 3.8) is 0 Å². The fraction of sp³-hybridized carbons (Fsp3) is 0.500. The van der Waals surface area contributed by atoms with Gasteiger partial charge in [0.1, 0.15) is 0 Å². The van der Waals surface area contributed by atoms with Gasteiger partial charge in [0.2, 0.25) is 5.91 Å². The number of hydrogen-bond acceptors (Lipinski definition) is 3. The first-order valence-corrected chi connectivity index (χ1v) is 7.84. The summed E-state index contributed by atoms with van der Waals surface area (Å²) in [5.41, 5.74) is 0.905. The van der Waals surface area contributed by atoms with Gasteiger partial charge < -0.3 is 15.2 Å². The molecule has 1 atom stereocenters. The van der Waals surface area contributed by atoms with Gasteiger partial charge in [0, 0.05) is 13.0 Å². The monoisotopic (exact) mass is 305 g/mol. The van der Waals surface area contributed by atoms with Crippen molar-refractivity contribution in [3.05, 3.63) is 35.9 Å². The molecule has 0 aromatic heterocycles. The van der Waals surface area contributed by atoms with E-state index in [1.165, 1.54) is 7.11 Å². The van der Waals surface area contributed by atoms with Crippen molar-refractivity contribution in [1.82, 2.24) is 5.32 Å². The highest BCUT2D eigenvalue weighted by atomic mass is 16.5. The number of nitrogens with one attached hydrogen (secondary N) is 1. The second-order valence-corrected chi connectivity index (χ2v) is 5.54. The fourth-order valence-corrected chi connectivity index (χ4v) is 2.11. The molecule has 4 heteroatoms. The van der Waals surface area contributed by atoms with Crippen LogP contribution >= 0.6 is 0 Å². The molecule has 0 fully saturated rings. The van der Waals surface area contributed by atoms with E-state index in [9.17, 15) is 9.90 Å². The van der Waals surface area contributed by atoms with Gasteiger partial charge in [-0.3, -0.25) is 4.79 Å². The minimum Gasteiger partial charge on any atom is -0.504 e. The molecule has 0 aliphatic carbocycles. The summed E-state index contributed by atoms with van der Waals surface area (Å²) >= 11 is 0. The molecule has 0 radical (unpaired) electrons. The van der Waals surface area contributed by atoms with Crippen LogP contribution in [0.5, 0.6) is 11.5 Å². The van der Waals surface area contributed by atoms with Gasteiger partial charge in [-0.25, -0.2) is 0 Å². The first kappa shape index (κ1) is 18.1. The summed E-state index contributed by atoms with van der Waals surface area (Å²) in [5.74, 6) is 1.09. The molecule has 4 nitrogen and oxygen atoms in total. The lowest BCUT2D eigenvalue weighted by atomic mass is 10.0.